The van der Waals surface area contributed by atoms with Crippen molar-refractivity contribution in [3.8, 4) is 0 Å². The fourth-order valence-corrected chi connectivity index (χ4v) is 1.64. The van der Waals surface area contributed by atoms with E-state index in [0.29, 0.717) is 23.6 Å². The third-order valence-electron chi connectivity index (χ3n) is 2.36. The summed E-state index contributed by atoms with van der Waals surface area (Å²) in [7, 11) is 1.77. The molecule has 3 nitrogen and oxygen atoms in total. The van der Waals surface area contributed by atoms with Crippen molar-refractivity contribution in [3.05, 3.63) is 29.8 Å². The van der Waals surface area contributed by atoms with E-state index in [9.17, 15) is 4.79 Å². The van der Waals surface area contributed by atoms with Gasteiger partial charge in [0.15, 0.2) is 0 Å². The minimum Gasteiger partial charge on any atom is -0.377 e. The molecule has 0 spiro atoms. The van der Waals surface area contributed by atoms with Crippen LogP contribution in [0.25, 0.3) is 0 Å². The number of thiol groups is 1. The molecule has 1 aromatic carbocycles. The van der Waals surface area contributed by atoms with Crippen LogP contribution in [0.1, 0.15) is 24.2 Å². The molecule has 1 amide bonds. The Bertz CT molecular complexity index is 379. The van der Waals surface area contributed by atoms with Crippen LogP contribution in [0.5, 0.6) is 0 Å². The van der Waals surface area contributed by atoms with Crippen LogP contribution < -0.4 is 0 Å². The molecule has 0 aromatic heterocycles. The van der Waals surface area contributed by atoms with Crippen LogP contribution in [0, 0.1) is 0 Å². The molecule has 0 saturated heterocycles. The molecule has 0 aliphatic rings. The SMILES string of the molecule is CC(C)OCCN(C)C(=O)c1ccccc1S. The van der Waals surface area contributed by atoms with Crippen molar-refractivity contribution in [1.82, 2.24) is 4.90 Å². The molecule has 1 rings (SSSR count). The maximum absolute atomic E-state index is 12.1. The van der Waals surface area contributed by atoms with E-state index in [0.717, 1.165) is 0 Å². The van der Waals surface area contributed by atoms with Gasteiger partial charge in [0.25, 0.3) is 5.91 Å². The Kier molecular flexibility index (Phi) is 5.51. The van der Waals surface area contributed by atoms with E-state index in [2.05, 4.69) is 12.6 Å². The van der Waals surface area contributed by atoms with E-state index in [1.165, 1.54) is 0 Å². The first-order valence-corrected chi connectivity index (χ1v) is 6.12. The third-order valence-corrected chi connectivity index (χ3v) is 2.75. The van der Waals surface area contributed by atoms with E-state index < -0.39 is 0 Å². The summed E-state index contributed by atoms with van der Waals surface area (Å²) in [6, 6.07) is 7.30. The number of rotatable bonds is 5. The zero-order chi connectivity index (χ0) is 12.8. The number of amides is 1. The van der Waals surface area contributed by atoms with Crippen molar-refractivity contribution < 1.29 is 9.53 Å². The number of nitrogens with zero attached hydrogens (tertiary/aromatic N) is 1. The van der Waals surface area contributed by atoms with Crippen LogP contribution in [-0.2, 0) is 4.74 Å². The zero-order valence-electron chi connectivity index (χ0n) is 10.5. The summed E-state index contributed by atoms with van der Waals surface area (Å²) in [6.07, 6.45) is 0.190. The van der Waals surface area contributed by atoms with Crippen LogP contribution in [0.15, 0.2) is 29.2 Å². The molecule has 0 fully saturated rings. The first kappa shape index (κ1) is 14.1. The summed E-state index contributed by atoms with van der Waals surface area (Å²) in [4.78, 5) is 14.4. The van der Waals surface area contributed by atoms with E-state index in [4.69, 9.17) is 4.74 Å². The van der Waals surface area contributed by atoms with Gasteiger partial charge in [0, 0.05) is 18.5 Å². The van der Waals surface area contributed by atoms with Gasteiger partial charge in [-0.15, -0.1) is 12.6 Å². The van der Waals surface area contributed by atoms with Crippen molar-refractivity contribution in [2.24, 2.45) is 0 Å². The van der Waals surface area contributed by atoms with Gasteiger partial charge in [-0.3, -0.25) is 4.79 Å². The van der Waals surface area contributed by atoms with Gasteiger partial charge in [-0.2, -0.15) is 0 Å². The Morgan fingerprint density at radius 3 is 2.65 bits per heavy atom. The maximum atomic E-state index is 12.1. The number of hydrogen-bond donors (Lipinski definition) is 1. The monoisotopic (exact) mass is 253 g/mol. The molecule has 0 aliphatic heterocycles. The summed E-state index contributed by atoms with van der Waals surface area (Å²) in [5, 5.41) is 0. The third kappa shape index (κ3) is 4.40. The topological polar surface area (TPSA) is 29.5 Å². The minimum atomic E-state index is -0.0250. The number of likely N-dealkylation sites (N-methyl/N-ethyl adjacent to an activating group) is 1. The molecule has 17 heavy (non-hydrogen) atoms. The molecule has 0 unspecified atom stereocenters. The average molecular weight is 253 g/mol. The van der Waals surface area contributed by atoms with Crippen LogP contribution in [0.3, 0.4) is 0 Å². The van der Waals surface area contributed by atoms with Gasteiger partial charge >= 0.3 is 0 Å². The zero-order valence-corrected chi connectivity index (χ0v) is 11.4. The molecule has 0 bridgehead atoms. The molecule has 0 aliphatic carbocycles. The van der Waals surface area contributed by atoms with Crippen LogP contribution in [0.4, 0.5) is 0 Å². The second-order valence-corrected chi connectivity index (χ2v) is 4.65. The van der Waals surface area contributed by atoms with Crippen molar-refractivity contribution in [2.45, 2.75) is 24.8 Å². The molecule has 0 radical (unpaired) electrons. The highest BCUT2D eigenvalue weighted by Crippen LogP contribution is 2.14. The molecular weight excluding hydrogens is 234 g/mol. The average Bonchev–Trinajstić information content (AvgIpc) is 2.28. The lowest BCUT2D eigenvalue weighted by atomic mass is 10.2. The van der Waals surface area contributed by atoms with Crippen LogP contribution in [0.2, 0.25) is 0 Å². The summed E-state index contributed by atoms with van der Waals surface area (Å²) in [5.41, 5.74) is 0.628. The van der Waals surface area contributed by atoms with Crippen LogP contribution in [-0.4, -0.2) is 37.1 Å². The van der Waals surface area contributed by atoms with Gasteiger partial charge in [-0.1, -0.05) is 12.1 Å². The summed E-state index contributed by atoms with van der Waals surface area (Å²) >= 11 is 4.28. The fourth-order valence-electron chi connectivity index (χ4n) is 1.39. The van der Waals surface area contributed by atoms with E-state index in [-0.39, 0.29) is 12.0 Å². The Labute approximate surface area is 108 Å². The number of carbonyl (C=O) groups is 1. The van der Waals surface area contributed by atoms with E-state index in [1.54, 1.807) is 18.0 Å². The molecule has 0 saturated carbocycles. The number of carbonyl (C=O) groups excluding carboxylic acids is 1. The predicted octanol–water partition coefficient (Wildman–Crippen LogP) is 2.47. The van der Waals surface area contributed by atoms with Gasteiger partial charge < -0.3 is 9.64 Å². The molecule has 1 aromatic rings. The highest BCUT2D eigenvalue weighted by molar-refractivity contribution is 7.80. The smallest absolute Gasteiger partial charge is 0.254 e. The van der Waals surface area contributed by atoms with Crippen molar-refractivity contribution in [1.29, 1.82) is 0 Å². The number of ether oxygens (including phenoxy) is 1. The van der Waals surface area contributed by atoms with Gasteiger partial charge in [0.05, 0.1) is 18.3 Å². The molecule has 0 heterocycles. The van der Waals surface area contributed by atoms with E-state index >= 15 is 0 Å². The highest BCUT2D eigenvalue weighted by Gasteiger charge is 2.13. The normalized spacial score (nSPS) is 10.6. The minimum absolute atomic E-state index is 0.0250. The lowest BCUT2D eigenvalue weighted by Gasteiger charge is -2.18. The van der Waals surface area contributed by atoms with Crippen molar-refractivity contribution >= 4 is 18.5 Å². The quantitative estimate of drug-likeness (QED) is 0.817. The largest absolute Gasteiger partial charge is 0.377 e. The Morgan fingerprint density at radius 1 is 1.41 bits per heavy atom. The Morgan fingerprint density at radius 2 is 2.06 bits per heavy atom. The van der Waals surface area contributed by atoms with Gasteiger partial charge in [-0.05, 0) is 26.0 Å². The predicted molar refractivity (Wildman–Crippen MR) is 71.7 cm³/mol. The molecule has 0 atom stereocenters. The second kappa shape index (κ2) is 6.67. The van der Waals surface area contributed by atoms with E-state index in [1.807, 2.05) is 32.0 Å². The summed E-state index contributed by atoms with van der Waals surface area (Å²) < 4.78 is 5.42. The number of benzene rings is 1. The van der Waals surface area contributed by atoms with Gasteiger partial charge in [0.2, 0.25) is 0 Å². The molecule has 0 N–H and O–H groups in total. The van der Waals surface area contributed by atoms with Crippen molar-refractivity contribution in [2.75, 3.05) is 20.2 Å². The number of hydrogen-bond acceptors (Lipinski definition) is 3. The fraction of sp³-hybridized carbons (Fsp3) is 0.462. The first-order valence-electron chi connectivity index (χ1n) is 5.67. The summed E-state index contributed by atoms with van der Waals surface area (Å²) in [5.74, 6) is -0.0250. The lowest BCUT2D eigenvalue weighted by molar-refractivity contribution is 0.0530. The standard InChI is InChI=1S/C13H19NO2S/c1-10(2)16-9-8-14(3)13(15)11-6-4-5-7-12(11)17/h4-7,10,17H,8-9H2,1-3H3. The van der Waals surface area contributed by atoms with Gasteiger partial charge in [-0.25, -0.2) is 0 Å². The van der Waals surface area contributed by atoms with Crippen molar-refractivity contribution in [3.63, 3.8) is 0 Å². The Hall–Kier alpha value is -1.00. The van der Waals surface area contributed by atoms with Crippen LogP contribution >= 0.6 is 12.6 Å². The second-order valence-electron chi connectivity index (χ2n) is 4.16. The van der Waals surface area contributed by atoms with Gasteiger partial charge in [0.1, 0.15) is 0 Å². The summed E-state index contributed by atoms with van der Waals surface area (Å²) in [6.45, 7) is 5.09. The molecular formula is C13H19NO2S. The Balaban J connectivity index is 2.55. The lowest BCUT2D eigenvalue weighted by Crippen LogP contribution is -2.31. The maximum Gasteiger partial charge on any atom is 0.254 e. The molecule has 4 heteroatoms. The highest BCUT2D eigenvalue weighted by atomic mass is 32.1. The first-order chi connectivity index (χ1) is 8.02. The molecule has 94 valence electrons.